The van der Waals surface area contributed by atoms with Gasteiger partial charge < -0.3 is 9.84 Å². The first kappa shape index (κ1) is 11.4. The Balaban J connectivity index is 1.93. The van der Waals surface area contributed by atoms with Gasteiger partial charge in [-0.3, -0.25) is 4.79 Å². The number of hydrogen-bond donors (Lipinski definition) is 1. The number of nitrogens with zero attached hydrogens (tertiary/aromatic N) is 1. The second kappa shape index (κ2) is 5.30. The highest BCUT2D eigenvalue weighted by Crippen LogP contribution is 2.10. The quantitative estimate of drug-likeness (QED) is 0.877. The maximum atomic E-state index is 11.6. The van der Waals surface area contributed by atoms with Crippen molar-refractivity contribution in [2.75, 3.05) is 5.32 Å². The Morgan fingerprint density at radius 1 is 1.29 bits per heavy atom. The third-order valence-corrected chi connectivity index (χ3v) is 2.48. The molecule has 1 aromatic heterocycles. The van der Waals surface area contributed by atoms with E-state index in [0.29, 0.717) is 5.69 Å². The minimum Gasteiger partial charge on any atom is -0.364 e. The largest absolute Gasteiger partial charge is 0.364 e. The first-order valence-corrected chi connectivity index (χ1v) is 5.56. The summed E-state index contributed by atoms with van der Waals surface area (Å²) in [6.45, 7) is 2.10. The van der Waals surface area contributed by atoms with Crippen molar-refractivity contribution >= 4 is 11.6 Å². The van der Waals surface area contributed by atoms with Gasteiger partial charge in [-0.15, -0.1) is 0 Å². The number of carbonyl (C=O) groups excluding carboxylic acids is 1. The number of aromatic nitrogens is 1. The van der Waals surface area contributed by atoms with Crippen molar-refractivity contribution in [2.24, 2.45) is 0 Å². The highest BCUT2D eigenvalue weighted by atomic mass is 16.5. The van der Waals surface area contributed by atoms with Crippen LogP contribution in [0, 0.1) is 0 Å². The van der Waals surface area contributed by atoms with Gasteiger partial charge in [-0.2, -0.15) is 0 Å². The van der Waals surface area contributed by atoms with E-state index in [2.05, 4.69) is 21.9 Å². The predicted octanol–water partition coefficient (Wildman–Crippen LogP) is 2.42. The molecular formula is C13H14N2O2. The van der Waals surface area contributed by atoms with E-state index in [0.717, 1.165) is 12.1 Å². The second-order valence-corrected chi connectivity index (χ2v) is 3.77. The van der Waals surface area contributed by atoms with Crippen molar-refractivity contribution in [3.8, 4) is 0 Å². The summed E-state index contributed by atoms with van der Waals surface area (Å²) in [4.78, 5) is 11.6. The van der Waals surface area contributed by atoms with Gasteiger partial charge in [0.25, 0.3) is 0 Å². The van der Waals surface area contributed by atoms with Gasteiger partial charge in [0, 0.05) is 11.8 Å². The Morgan fingerprint density at radius 3 is 2.65 bits per heavy atom. The third-order valence-electron chi connectivity index (χ3n) is 2.48. The molecule has 1 amide bonds. The maximum absolute atomic E-state index is 11.6. The molecule has 0 saturated heterocycles. The van der Waals surface area contributed by atoms with Crippen molar-refractivity contribution in [3.05, 3.63) is 47.9 Å². The normalized spacial score (nSPS) is 10.2. The molecule has 2 aromatic rings. The van der Waals surface area contributed by atoms with Gasteiger partial charge in [-0.05, 0) is 24.1 Å². The molecule has 0 radical (unpaired) electrons. The molecule has 1 N–H and O–H groups in total. The average molecular weight is 230 g/mol. The zero-order valence-electron chi connectivity index (χ0n) is 9.64. The van der Waals surface area contributed by atoms with Crippen LogP contribution in [0.25, 0.3) is 0 Å². The van der Waals surface area contributed by atoms with Gasteiger partial charge in [-0.1, -0.05) is 24.2 Å². The molecule has 88 valence electrons. The number of anilines is 1. The molecule has 2 rings (SSSR count). The van der Waals surface area contributed by atoms with E-state index in [4.69, 9.17) is 0 Å². The van der Waals surface area contributed by atoms with Crippen LogP contribution in [-0.4, -0.2) is 11.1 Å². The highest BCUT2D eigenvalue weighted by molar-refractivity contribution is 5.91. The summed E-state index contributed by atoms with van der Waals surface area (Å²) in [5.74, 6) is -0.0943. The van der Waals surface area contributed by atoms with Crippen LogP contribution in [0.5, 0.6) is 0 Å². The zero-order valence-corrected chi connectivity index (χ0v) is 9.64. The number of amides is 1. The van der Waals surface area contributed by atoms with E-state index in [-0.39, 0.29) is 12.3 Å². The summed E-state index contributed by atoms with van der Waals surface area (Å²) in [5.41, 5.74) is 2.68. The molecule has 4 heteroatoms. The Bertz CT molecular complexity index is 475. The number of carbonyl (C=O) groups is 1. The molecule has 0 aliphatic carbocycles. The summed E-state index contributed by atoms with van der Waals surface area (Å²) >= 11 is 0. The smallest absolute Gasteiger partial charge is 0.230 e. The summed E-state index contributed by atoms with van der Waals surface area (Å²) in [6, 6.07) is 9.50. The predicted molar refractivity (Wildman–Crippen MR) is 64.7 cm³/mol. The van der Waals surface area contributed by atoms with Crippen molar-refractivity contribution in [1.29, 1.82) is 0 Å². The van der Waals surface area contributed by atoms with Gasteiger partial charge in [0.15, 0.2) is 0 Å². The minimum absolute atomic E-state index is 0.0943. The van der Waals surface area contributed by atoms with Crippen LogP contribution in [0.2, 0.25) is 0 Å². The van der Waals surface area contributed by atoms with E-state index in [9.17, 15) is 4.79 Å². The molecule has 0 fully saturated rings. The van der Waals surface area contributed by atoms with Crippen molar-refractivity contribution in [2.45, 2.75) is 19.8 Å². The molecule has 0 spiro atoms. The molecular weight excluding hydrogens is 216 g/mol. The fourth-order valence-electron chi connectivity index (χ4n) is 1.52. The molecule has 0 aliphatic rings. The van der Waals surface area contributed by atoms with Crippen LogP contribution >= 0.6 is 0 Å². The van der Waals surface area contributed by atoms with Crippen molar-refractivity contribution in [1.82, 2.24) is 5.16 Å². The zero-order chi connectivity index (χ0) is 12.1. The van der Waals surface area contributed by atoms with Crippen LogP contribution in [0.4, 0.5) is 5.69 Å². The minimum atomic E-state index is -0.0943. The third kappa shape index (κ3) is 3.17. The van der Waals surface area contributed by atoms with Gasteiger partial charge >= 0.3 is 0 Å². The average Bonchev–Trinajstić information content (AvgIpc) is 2.82. The number of nitrogens with one attached hydrogen (secondary N) is 1. The maximum Gasteiger partial charge on any atom is 0.230 e. The summed E-state index contributed by atoms with van der Waals surface area (Å²) in [5, 5.41) is 6.50. The molecule has 4 nitrogen and oxygen atoms in total. The Hall–Kier alpha value is -2.10. The lowest BCUT2D eigenvalue weighted by molar-refractivity contribution is -0.115. The highest BCUT2D eigenvalue weighted by Gasteiger charge is 2.06. The van der Waals surface area contributed by atoms with Crippen LogP contribution in [0.3, 0.4) is 0 Å². The van der Waals surface area contributed by atoms with E-state index < -0.39 is 0 Å². The topological polar surface area (TPSA) is 55.1 Å². The number of benzene rings is 1. The van der Waals surface area contributed by atoms with Crippen LogP contribution in [0.15, 0.2) is 41.1 Å². The summed E-state index contributed by atoms with van der Waals surface area (Å²) < 4.78 is 4.67. The first-order chi connectivity index (χ1) is 8.28. The fourth-order valence-corrected chi connectivity index (χ4v) is 1.52. The summed E-state index contributed by atoms with van der Waals surface area (Å²) in [7, 11) is 0. The van der Waals surface area contributed by atoms with Crippen molar-refractivity contribution in [3.63, 3.8) is 0 Å². The van der Waals surface area contributed by atoms with Crippen LogP contribution < -0.4 is 5.32 Å². The molecule has 17 heavy (non-hydrogen) atoms. The monoisotopic (exact) mass is 230 g/mol. The molecule has 0 unspecified atom stereocenters. The summed E-state index contributed by atoms with van der Waals surface area (Å²) in [6.07, 6.45) is 2.68. The van der Waals surface area contributed by atoms with Crippen LogP contribution in [-0.2, 0) is 17.6 Å². The van der Waals surface area contributed by atoms with E-state index in [1.165, 1.54) is 11.8 Å². The first-order valence-electron chi connectivity index (χ1n) is 5.56. The lowest BCUT2D eigenvalue weighted by Gasteiger charge is -2.04. The lowest BCUT2D eigenvalue weighted by atomic mass is 10.1. The number of hydrogen-bond acceptors (Lipinski definition) is 3. The Morgan fingerprint density at radius 2 is 2.06 bits per heavy atom. The van der Waals surface area contributed by atoms with Crippen LogP contribution in [0.1, 0.15) is 18.2 Å². The van der Waals surface area contributed by atoms with Gasteiger partial charge in [0.05, 0.1) is 12.1 Å². The van der Waals surface area contributed by atoms with Gasteiger partial charge in [0.1, 0.15) is 6.26 Å². The van der Waals surface area contributed by atoms with Crippen molar-refractivity contribution < 1.29 is 9.32 Å². The fraction of sp³-hybridized carbons (Fsp3) is 0.231. The SMILES string of the molecule is CCc1ccc(NC(=O)Cc2ccon2)cc1. The molecule has 0 bridgehead atoms. The Labute approximate surface area is 99.6 Å². The molecule has 0 saturated carbocycles. The number of rotatable bonds is 4. The van der Waals surface area contributed by atoms with Gasteiger partial charge in [-0.25, -0.2) is 0 Å². The molecule has 0 aliphatic heterocycles. The van der Waals surface area contributed by atoms with E-state index >= 15 is 0 Å². The number of aryl methyl sites for hydroxylation is 1. The lowest BCUT2D eigenvalue weighted by Crippen LogP contribution is -2.14. The molecule has 1 aromatic carbocycles. The molecule has 1 heterocycles. The van der Waals surface area contributed by atoms with E-state index in [1.54, 1.807) is 6.07 Å². The second-order valence-electron chi connectivity index (χ2n) is 3.77. The standard InChI is InChI=1S/C13H14N2O2/c1-2-10-3-5-11(6-4-10)14-13(16)9-12-7-8-17-15-12/h3-8H,2,9H2,1H3,(H,14,16). The van der Waals surface area contributed by atoms with E-state index in [1.807, 2.05) is 24.3 Å². The molecule has 0 atom stereocenters. The van der Waals surface area contributed by atoms with Gasteiger partial charge in [0.2, 0.25) is 5.91 Å². The Kier molecular flexibility index (Phi) is 3.55.